The Labute approximate surface area is 93.8 Å². The van der Waals surface area contributed by atoms with Gasteiger partial charge in [-0.1, -0.05) is 0 Å². The number of ether oxygens (including phenoxy) is 1. The minimum Gasteiger partial charge on any atom is -0.379 e. The Bertz CT molecular complexity index is 407. The number of rotatable bonds is 2. The van der Waals surface area contributed by atoms with E-state index < -0.39 is 5.54 Å². The number of hydrogen-bond donors (Lipinski definition) is 2. The van der Waals surface area contributed by atoms with Gasteiger partial charge in [-0.25, -0.2) is 0 Å². The molecule has 1 aromatic heterocycles. The van der Waals surface area contributed by atoms with E-state index in [1.54, 1.807) is 17.8 Å². The highest BCUT2D eigenvalue weighted by molar-refractivity contribution is 5.97. The van der Waals surface area contributed by atoms with Crippen molar-refractivity contribution in [3.8, 4) is 0 Å². The Morgan fingerprint density at radius 2 is 2.50 bits per heavy atom. The molecule has 1 atom stereocenters. The lowest BCUT2D eigenvalue weighted by molar-refractivity contribution is -0.121. The molecule has 1 aromatic rings. The summed E-state index contributed by atoms with van der Waals surface area (Å²) in [4.78, 5) is 11.9. The van der Waals surface area contributed by atoms with Crippen LogP contribution in [-0.2, 0) is 16.6 Å². The molecule has 1 aliphatic heterocycles. The Kier molecular flexibility index (Phi) is 2.69. The maximum atomic E-state index is 11.9. The van der Waals surface area contributed by atoms with Crippen LogP contribution in [0.15, 0.2) is 6.07 Å². The van der Waals surface area contributed by atoms with E-state index >= 15 is 0 Å². The number of carbonyl (C=O) groups is 1. The maximum absolute atomic E-state index is 11.9. The average Bonchev–Trinajstić information content (AvgIpc) is 2.75. The largest absolute Gasteiger partial charge is 0.379 e. The molecule has 0 aromatic carbocycles. The minimum absolute atomic E-state index is 0.215. The quantitative estimate of drug-likeness (QED) is 0.728. The maximum Gasteiger partial charge on any atom is 0.248 e. The summed E-state index contributed by atoms with van der Waals surface area (Å²) in [5.41, 5.74) is 5.89. The number of aryl methyl sites for hydroxylation is 2. The van der Waals surface area contributed by atoms with E-state index in [9.17, 15) is 4.79 Å². The molecule has 3 N–H and O–H groups in total. The molecule has 6 heteroatoms. The van der Waals surface area contributed by atoms with Gasteiger partial charge in [-0.15, -0.1) is 0 Å². The van der Waals surface area contributed by atoms with Crippen molar-refractivity contribution in [2.24, 2.45) is 12.8 Å². The lowest BCUT2D eigenvalue weighted by Gasteiger charge is -2.20. The van der Waals surface area contributed by atoms with Crippen LogP contribution in [-0.4, -0.2) is 34.4 Å². The number of anilines is 1. The van der Waals surface area contributed by atoms with E-state index in [2.05, 4.69) is 10.4 Å². The third-order valence-corrected chi connectivity index (χ3v) is 2.75. The highest BCUT2D eigenvalue weighted by Crippen LogP contribution is 2.18. The van der Waals surface area contributed by atoms with E-state index in [4.69, 9.17) is 10.5 Å². The first-order valence-electron chi connectivity index (χ1n) is 5.20. The van der Waals surface area contributed by atoms with Gasteiger partial charge in [0, 0.05) is 19.7 Å². The van der Waals surface area contributed by atoms with Crippen LogP contribution in [0.3, 0.4) is 0 Å². The van der Waals surface area contributed by atoms with Crippen LogP contribution in [0, 0.1) is 6.92 Å². The highest BCUT2D eigenvalue weighted by atomic mass is 16.5. The van der Waals surface area contributed by atoms with Crippen molar-refractivity contribution in [3.63, 3.8) is 0 Å². The summed E-state index contributed by atoms with van der Waals surface area (Å²) >= 11 is 0. The predicted molar refractivity (Wildman–Crippen MR) is 58.9 cm³/mol. The lowest BCUT2D eigenvalue weighted by Crippen LogP contribution is -2.51. The molecule has 0 radical (unpaired) electrons. The van der Waals surface area contributed by atoms with Crippen molar-refractivity contribution in [1.82, 2.24) is 9.78 Å². The summed E-state index contributed by atoms with van der Waals surface area (Å²) in [6.07, 6.45) is 0.551. The number of nitrogens with one attached hydrogen (secondary N) is 1. The van der Waals surface area contributed by atoms with Gasteiger partial charge in [0.25, 0.3) is 0 Å². The van der Waals surface area contributed by atoms with Gasteiger partial charge < -0.3 is 15.8 Å². The number of hydrogen-bond acceptors (Lipinski definition) is 4. The first-order chi connectivity index (χ1) is 7.51. The first kappa shape index (κ1) is 11.1. The molecule has 2 rings (SSSR count). The second-order valence-electron chi connectivity index (χ2n) is 4.21. The van der Waals surface area contributed by atoms with E-state index in [0.717, 1.165) is 5.69 Å². The number of nitrogens with zero attached hydrogens (tertiary/aromatic N) is 2. The Balaban J connectivity index is 2.10. The summed E-state index contributed by atoms with van der Waals surface area (Å²) in [6, 6.07) is 1.80. The first-order valence-corrected chi connectivity index (χ1v) is 5.20. The van der Waals surface area contributed by atoms with Crippen molar-refractivity contribution in [2.45, 2.75) is 18.9 Å². The SMILES string of the molecule is Cc1cc(NC(=O)C2(N)CCOC2)n(C)n1. The molecule has 1 amide bonds. The van der Waals surface area contributed by atoms with Crippen LogP contribution in [0.2, 0.25) is 0 Å². The van der Waals surface area contributed by atoms with Gasteiger partial charge in [0.2, 0.25) is 5.91 Å². The predicted octanol–water partition coefficient (Wildman–Crippen LogP) is -0.215. The third kappa shape index (κ3) is 1.94. The molecule has 0 saturated carbocycles. The lowest BCUT2D eigenvalue weighted by atomic mass is 9.99. The van der Waals surface area contributed by atoms with Gasteiger partial charge in [0.15, 0.2) is 0 Å². The van der Waals surface area contributed by atoms with E-state index in [-0.39, 0.29) is 12.5 Å². The summed E-state index contributed by atoms with van der Waals surface area (Å²) in [5, 5.41) is 6.91. The molecule has 2 heterocycles. The van der Waals surface area contributed by atoms with Crippen molar-refractivity contribution in [2.75, 3.05) is 18.5 Å². The van der Waals surface area contributed by atoms with Crippen LogP contribution in [0.4, 0.5) is 5.82 Å². The zero-order chi connectivity index (χ0) is 11.8. The van der Waals surface area contributed by atoms with Crippen LogP contribution in [0.1, 0.15) is 12.1 Å². The Morgan fingerprint density at radius 3 is 3.00 bits per heavy atom. The summed E-state index contributed by atoms with van der Waals surface area (Å²) in [7, 11) is 1.77. The topological polar surface area (TPSA) is 82.2 Å². The molecule has 0 spiro atoms. The van der Waals surface area contributed by atoms with Crippen molar-refractivity contribution >= 4 is 11.7 Å². The van der Waals surface area contributed by atoms with Gasteiger partial charge in [0.1, 0.15) is 11.4 Å². The fourth-order valence-electron chi connectivity index (χ4n) is 1.73. The summed E-state index contributed by atoms with van der Waals surface area (Å²) in [5.74, 6) is 0.437. The van der Waals surface area contributed by atoms with Crippen molar-refractivity contribution < 1.29 is 9.53 Å². The summed E-state index contributed by atoms with van der Waals surface area (Å²) in [6.45, 7) is 2.68. The van der Waals surface area contributed by atoms with Crippen LogP contribution < -0.4 is 11.1 Å². The van der Waals surface area contributed by atoms with Gasteiger partial charge in [-0.3, -0.25) is 9.48 Å². The number of nitrogens with two attached hydrogens (primary N) is 1. The number of amides is 1. The molecule has 1 aliphatic rings. The second kappa shape index (κ2) is 3.88. The summed E-state index contributed by atoms with van der Waals surface area (Å²) < 4.78 is 6.76. The molecule has 1 fully saturated rings. The van der Waals surface area contributed by atoms with Crippen LogP contribution in [0.5, 0.6) is 0 Å². The average molecular weight is 224 g/mol. The van der Waals surface area contributed by atoms with Gasteiger partial charge in [-0.2, -0.15) is 5.10 Å². The minimum atomic E-state index is -0.905. The van der Waals surface area contributed by atoms with E-state index in [0.29, 0.717) is 18.8 Å². The Hall–Kier alpha value is -1.40. The van der Waals surface area contributed by atoms with E-state index in [1.807, 2.05) is 6.92 Å². The molecule has 88 valence electrons. The van der Waals surface area contributed by atoms with Crippen molar-refractivity contribution in [3.05, 3.63) is 11.8 Å². The standard InChI is InChI=1S/C10H16N4O2/c1-7-5-8(14(2)13-7)12-9(15)10(11)3-4-16-6-10/h5H,3-4,6,11H2,1-2H3,(H,12,15). The smallest absolute Gasteiger partial charge is 0.248 e. The zero-order valence-electron chi connectivity index (χ0n) is 9.49. The van der Waals surface area contributed by atoms with Gasteiger partial charge in [-0.05, 0) is 13.3 Å². The fourth-order valence-corrected chi connectivity index (χ4v) is 1.73. The van der Waals surface area contributed by atoms with Gasteiger partial charge in [0.05, 0.1) is 12.3 Å². The number of aromatic nitrogens is 2. The third-order valence-electron chi connectivity index (χ3n) is 2.75. The van der Waals surface area contributed by atoms with Gasteiger partial charge >= 0.3 is 0 Å². The molecular weight excluding hydrogens is 208 g/mol. The molecule has 6 nitrogen and oxygen atoms in total. The highest BCUT2D eigenvalue weighted by Gasteiger charge is 2.38. The second-order valence-corrected chi connectivity index (χ2v) is 4.21. The monoisotopic (exact) mass is 224 g/mol. The molecular formula is C10H16N4O2. The van der Waals surface area contributed by atoms with Crippen molar-refractivity contribution in [1.29, 1.82) is 0 Å². The van der Waals surface area contributed by atoms with Crippen LogP contribution in [0.25, 0.3) is 0 Å². The zero-order valence-corrected chi connectivity index (χ0v) is 9.49. The molecule has 1 unspecified atom stereocenters. The Morgan fingerprint density at radius 1 is 1.75 bits per heavy atom. The number of carbonyl (C=O) groups excluding carboxylic acids is 1. The molecule has 16 heavy (non-hydrogen) atoms. The fraction of sp³-hybridized carbons (Fsp3) is 0.600. The normalized spacial score (nSPS) is 24.7. The molecule has 0 bridgehead atoms. The molecule has 1 saturated heterocycles. The van der Waals surface area contributed by atoms with Crippen LogP contribution >= 0.6 is 0 Å². The van der Waals surface area contributed by atoms with E-state index in [1.165, 1.54) is 0 Å². The molecule has 0 aliphatic carbocycles.